The number of carbonyl (C=O) groups is 2. The molecule has 0 N–H and O–H groups in total. The van der Waals surface area contributed by atoms with E-state index in [1.807, 2.05) is 34.1 Å². The quantitative estimate of drug-likeness (QED) is 0.686. The fraction of sp³-hybridized carbons (Fsp3) is 0.609. The van der Waals surface area contributed by atoms with Crippen LogP contribution in [-0.4, -0.2) is 88.1 Å². The number of hydrogen-bond donors (Lipinski definition) is 0. The van der Waals surface area contributed by atoms with Crippen LogP contribution in [0.2, 0.25) is 0 Å². The molecule has 0 aliphatic carbocycles. The molecule has 0 radical (unpaired) electrons. The molecule has 1 aromatic carbocycles. The van der Waals surface area contributed by atoms with Gasteiger partial charge in [-0.3, -0.25) is 14.5 Å². The van der Waals surface area contributed by atoms with Crippen molar-refractivity contribution in [2.45, 2.75) is 38.0 Å². The maximum absolute atomic E-state index is 13.1. The molecule has 2 aliphatic rings. The summed E-state index contributed by atoms with van der Waals surface area (Å²) in [5.74, 6) is 2.11. The van der Waals surface area contributed by atoms with Crippen molar-refractivity contribution in [3.63, 3.8) is 0 Å². The van der Waals surface area contributed by atoms with Gasteiger partial charge in [0.05, 0.1) is 23.3 Å². The fourth-order valence-electron chi connectivity index (χ4n) is 4.54. The molecule has 1 aromatic heterocycles. The molecule has 168 valence electrons. The molecule has 0 saturated carbocycles. The van der Waals surface area contributed by atoms with Crippen LogP contribution in [0.25, 0.3) is 11.0 Å². The first-order valence-electron chi connectivity index (χ1n) is 11.4. The number of hydrogen-bond acceptors (Lipinski definition) is 5. The van der Waals surface area contributed by atoms with Gasteiger partial charge in [0.2, 0.25) is 11.8 Å². The van der Waals surface area contributed by atoms with Crippen molar-refractivity contribution in [1.29, 1.82) is 0 Å². The van der Waals surface area contributed by atoms with Crippen molar-refractivity contribution in [2.75, 3.05) is 52.1 Å². The van der Waals surface area contributed by atoms with Gasteiger partial charge >= 0.3 is 0 Å². The summed E-state index contributed by atoms with van der Waals surface area (Å²) in [6.07, 6.45) is 6.76. The third-order valence-corrected chi connectivity index (χ3v) is 6.89. The number of thioether (sulfide) groups is 1. The maximum Gasteiger partial charge on any atom is 0.242 e. The third kappa shape index (κ3) is 5.41. The van der Waals surface area contributed by atoms with E-state index in [-0.39, 0.29) is 11.8 Å². The Hall–Kier alpha value is -2.06. The number of carbonyl (C=O) groups excluding carboxylic acids is 2. The van der Waals surface area contributed by atoms with Crippen molar-refractivity contribution in [3.05, 3.63) is 30.1 Å². The minimum atomic E-state index is 0.129. The van der Waals surface area contributed by atoms with Crippen LogP contribution in [0.15, 0.2) is 24.3 Å². The molecule has 2 saturated heterocycles. The number of rotatable bonds is 6. The molecule has 31 heavy (non-hydrogen) atoms. The van der Waals surface area contributed by atoms with E-state index in [2.05, 4.69) is 15.7 Å². The number of imidazole rings is 1. The lowest BCUT2D eigenvalue weighted by atomic mass is 10.2. The SMILES string of the molecule is CSCc1nc2ccccc2n1CC(=O)N1CCN(CC(=O)N2CCCCCC2)CC1. The maximum atomic E-state index is 13.1. The van der Waals surface area contributed by atoms with E-state index in [0.29, 0.717) is 26.2 Å². The van der Waals surface area contributed by atoms with E-state index in [0.717, 1.165) is 61.6 Å². The van der Waals surface area contributed by atoms with Crippen LogP contribution in [0, 0.1) is 0 Å². The summed E-state index contributed by atoms with van der Waals surface area (Å²) in [7, 11) is 0. The molecule has 0 spiro atoms. The molecule has 4 rings (SSSR count). The van der Waals surface area contributed by atoms with Crippen molar-refractivity contribution >= 4 is 34.6 Å². The van der Waals surface area contributed by atoms with Gasteiger partial charge in [-0.25, -0.2) is 4.98 Å². The van der Waals surface area contributed by atoms with Crippen LogP contribution in [-0.2, 0) is 21.9 Å². The van der Waals surface area contributed by atoms with E-state index in [9.17, 15) is 9.59 Å². The largest absolute Gasteiger partial charge is 0.342 e. The zero-order valence-electron chi connectivity index (χ0n) is 18.5. The highest BCUT2D eigenvalue weighted by molar-refractivity contribution is 7.97. The van der Waals surface area contributed by atoms with E-state index < -0.39 is 0 Å². The van der Waals surface area contributed by atoms with Gasteiger partial charge < -0.3 is 14.4 Å². The molecule has 0 atom stereocenters. The Bertz CT molecular complexity index is 899. The second-order valence-electron chi connectivity index (χ2n) is 8.49. The summed E-state index contributed by atoms with van der Waals surface area (Å²) in [6.45, 7) is 5.47. The Morgan fingerprint density at radius 2 is 1.52 bits per heavy atom. The van der Waals surface area contributed by atoms with Crippen molar-refractivity contribution in [1.82, 2.24) is 24.3 Å². The van der Waals surface area contributed by atoms with Gasteiger partial charge in [0.1, 0.15) is 12.4 Å². The lowest BCUT2D eigenvalue weighted by molar-refractivity contribution is -0.135. The summed E-state index contributed by atoms with van der Waals surface area (Å²) in [5.41, 5.74) is 1.96. The van der Waals surface area contributed by atoms with Crippen LogP contribution < -0.4 is 0 Å². The minimum Gasteiger partial charge on any atom is -0.342 e. The first-order chi connectivity index (χ1) is 15.2. The predicted molar refractivity (Wildman–Crippen MR) is 125 cm³/mol. The van der Waals surface area contributed by atoms with Crippen molar-refractivity contribution in [2.24, 2.45) is 0 Å². The number of para-hydroxylation sites is 2. The Morgan fingerprint density at radius 1 is 0.871 bits per heavy atom. The van der Waals surface area contributed by atoms with Crippen molar-refractivity contribution < 1.29 is 9.59 Å². The molecule has 2 aliphatic heterocycles. The average molecular weight is 444 g/mol. The van der Waals surface area contributed by atoms with Crippen LogP contribution in [0.5, 0.6) is 0 Å². The van der Waals surface area contributed by atoms with Gasteiger partial charge in [-0.1, -0.05) is 25.0 Å². The predicted octanol–water partition coefficient (Wildman–Crippen LogP) is 2.45. The highest BCUT2D eigenvalue weighted by atomic mass is 32.2. The smallest absolute Gasteiger partial charge is 0.242 e. The molecule has 3 heterocycles. The number of nitrogens with zero attached hydrogens (tertiary/aromatic N) is 5. The Morgan fingerprint density at radius 3 is 2.23 bits per heavy atom. The topological polar surface area (TPSA) is 61.7 Å². The highest BCUT2D eigenvalue weighted by Crippen LogP contribution is 2.19. The number of likely N-dealkylation sites (tertiary alicyclic amines) is 1. The second-order valence-corrected chi connectivity index (χ2v) is 9.35. The van der Waals surface area contributed by atoms with Gasteiger partial charge in [-0.05, 0) is 31.2 Å². The lowest BCUT2D eigenvalue weighted by Crippen LogP contribution is -2.52. The molecular formula is C23H33N5O2S. The zero-order chi connectivity index (χ0) is 21.6. The molecule has 2 amide bonds. The molecule has 7 nitrogen and oxygen atoms in total. The standard InChI is InChI=1S/C23H33N5O2S/c1-31-18-21-24-19-8-4-5-9-20(19)28(21)17-23(30)27-14-12-25(13-15-27)16-22(29)26-10-6-2-3-7-11-26/h4-5,8-9H,2-3,6-7,10-18H2,1H3. The number of benzene rings is 1. The lowest BCUT2D eigenvalue weighted by Gasteiger charge is -2.35. The van der Waals surface area contributed by atoms with Crippen LogP contribution in [0.3, 0.4) is 0 Å². The number of fused-ring (bicyclic) bond motifs is 1. The number of aromatic nitrogens is 2. The van der Waals surface area contributed by atoms with Crippen molar-refractivity contribution in [3.8, 4) is 0 Å². The summed E-state index contributed by atoms with van der Waals surface area (Å²) >= 11 is 1.71. The normalized spacial score (nSPS) is 18.4. The molecular weight excluding hydrogens is 410 g/mol. The van der Waals surface area contributed by atoms with Gasteiger partial charge in [-0.15, -0.1) is 0 Å². The number of piperazine rings is 1. The highest BCUT2D eigenvalue weighted by Gasteiger charge is 2.25. The monoisotopic (exact) mass is 443 g/mol. The number of amides is 2. The van der Waals surface area contributed by atoms with Gasteiger partial charge in [0.25, 0.3) is 0 Å². The second kappa shape index (κ2) is 10.5. The Balaban J connectivity index is 1.32. The third-order valence-electron chi connectivity index (χ3n) is 6.34. The Kier molecular flexibility index (Phi) is 7.50. The van der Waals surface area contributed by atoms with Gasteiger partial charge in [-0.2, -0.15) is 11.8 Å². The van der Waals surface area contributed by atoms with Crippen LogP contribution in [0.1, 0.15) is 31.5 Å². The molecule has 2 aromatic rings. The van der Waals surface area contributed by atoms with Crippen LogP contribution >= 0.6 is 11.8 Å². The Labute approximate surface area is 188 Å². The summed E-state index contributed by atoms with van der Waals surface area (Å²) in [5, 5.41) is 0. The average Bonchev–Trinajstić information content (AvgIpc) is 2.95. The van der Waals surface area contributed by atoms with Gasteiger partial charge in [0, 0.05) is 39.3 Å². The first-order valence-corrected chi connectivity index (χ1v) is 12.8. The first kappa shape index (κ1) is 22.1. The molecule has 0 bridgehead atoms. The van der Waals surface area contributed by atoms with E-state index >= 15 is 0 Å². The fourth-order valence-corrected chi connectivity index (χ4v) is 5.02. The molecule has 0 unspecified atom stereocenters. The summed E-state index contributed by atoms with van der Waals surface area (Å²) in [6, 6.07) is 8.01. The van der Waals surface area contributed by atoms with E-state index in [1.54, 1.807) is 11.8 Å². The van der Waals surface area contributed by atoms with Gasteiger partial charge in [0.15, 0.2) is 0 Å². The van der Waals surface area contributed by atoms with Crippen LogP contribution in [0.4, 0.5) is 0 Å². The molecule has 8 heteroatoms. The minimum absolute atomic E-state index is 0.129. The summed E-state index contributed by atoms with van der Waals surface area (Å²) < 4.78 is 2.06. The summed E-state index contributed by atoms with van der Waals surface area (Å²) in [4.78, 5) is 36.6. The van der Waals surface area contributed by atoms with E-state index in [1.165, 1.54) is 12.8 Å². The molecule has 2 fully saturated rings. The zero-order valence-corrected chi connectivity index (χ0v) is 19.3. The van der Waals surface area contributed by atoms with E-state index in [4.69, 9.17) is 4.98 Å².